The highest BCUT2D eigenvalue weighted by Crippen LogP contribution is 2.17. The molecule has 6 nitrogen and oxygen atoms in total. The first kappa shape index (κ1) is 19.3. The quantitative estimate of drug-likeness (QED) is 0.849. The topological polar surface area (TPSA) is 67.4 Å². The van der Waals surface area contributed by atoms with Gasteiger partial charge in [0.1, 0.15) is 17.7 Å². The molecule has 1 unspecified atom stereocenters. The van der Waals surface area contributed by atoms with E-state index in [0.717, 1.165) is 17.1 Å². The summed E-state index contributed by atoms with van der Waals surface area (Å²) in [6, 6.07) is 11.6. The van der Waals surface area contributed by atoms with Crippen LogP contribution in [0.2, 0.25) is 0 Å². The predicted molar refractivity (Wildman–Crippen MR) is 106 cm³/mol. The second-order valence-corrected chi connectivity index (χ2v) is 7.23. The molecule has 3 rings (SSSR count). The Morgan fingerprint density at radius 1 is 1.19 bits per heavy atom. The number of ether oxygens (including phenoxy) is 1. The normalized spacial score (nSPS) is 15.6. The largest absolute Gasteiger partial charge is 0.378 e. The molecule has 0 bridgehead atoms. The smallest absolute Gasteiger partial charge is 0.245 e. The zero-order valence-corrected chi connectivity index (χ0v) is 16.3. The number of nitrogens with one attached hydrogen (secondary N) is 1. The summed E-state index contributed by atoms with van der Waals surface area (Å²) >= 11 is 0. The number of carbonyl (C=O) groups is 1. The molecule has 144 valence electrons. The number of rotatable bonds is 6. The average Bonchev–Trinajstić information content (AvgIpc) is 2.68. The highest BCUT2D eigenvalue weighted by molar-refractivity contribution is 5.85. The second kappa shape index (κ2) is 8.95. The zero-order valence-electron chi connectivity index (χ0n) is 16.3. The van der Waals surface area contributed by atoms with Gasteiger partial charge >= 0.3 is 0 Å². The molecule has 1 N–H and O–H groups in total. The first-order valence-electron chi connectivity index (χ1n) is 9.55. The van der Waals surface area contributed by atoms with E-state index in [2.05, 4.69) is 29.1 Å². The Labute approximate surface area is 161 Å². The van der Waals surface area contributed by atoms with Crippen molar-refractivity contribution in [2.24, 2.45) is 0 Å². The molecule has 1 amide bonds. The van der Waals surface area contributed by atoms with Crippen LogP contribution in [0.1, 0.15) is 36.8 Å². The lowest BCUT2D eigenvalue weighted by molar-refractivity contribution is -0.136. The number of carbonyl (C=O) groups excluding carboxylic acids is 1. The maximum atomic E-state index is 13.2. The van der Waals surface area contributed by atoms with Crippen molar-refractivity contribution in [3.63, 3.8) is 0 Å². The average molecular weight is 368 g/mol. The van der Waals surface area contributed by atoms with E-state index in [1.807, 2.05) is 48.2 Å². The first-order chi connectivity index (χ1) is 13.0. The van der Waals surface area contributed by atoms with Gasteiger partial charge in [-0.25, -0.2) is 9.97 Å². The van der Waals surface area contributed by atoms with Gasteiger partial charge in [-0.1, -0.05) is 44.2 Å². The van der Waals surface area contributed by atoms with Crippen LogP contribution in [-0.2, 0) is 16.0 Å². The van der Waals surface area contributed by atoms with Gasteiger partial charge in [-0.15, -0.1) is 0 Å². The zero-order chi connectivity index (χ0) is 19.2. The van der Waals surface area contributed by atoms with Gasteiger partial charge in [0.2, 0.25) is 5.91 Å². The van der Waals surface area contributed by atoms with Crippen molar-refractivity contribution in [2.45, 2.75) is 39.2 Å². The molecule has 0 radical (unpaired) electrons. The van der Waals surface area contributed by atoms with Crippen molar-refractivity contribution < 1.29 is 9.53 Å². The Balaban J connectivity index is 1.83. The molecular formula is C21H28N4O2. The van der Waals surface area contributed by atoms with Crippen molar-refractivity contribution in [2.75, 3.05) is 31.6 Å². The van der Waals surface area contributed by atoms with Gasteiger partial charge < -0.3 is 15.0 Å². The van der Waals surface area contributed by atoms with Crippen LogP contribution in [0, 0.1) is 6.92 Å². The van der Waals surface area contributed by atoms with Crippen LogP contribution in [0.3, 0.4) is 0 Å². The lowest BCUT2D eigenvalue weighted by Crippen LogP contribution is -2.48. The van der Waals surface area contributed by atoms with Gasteiger partial charge in [0.05, 0.1) is 13.2 Å². The first-order valence-corrected chi connectivity index (χ1v) is 9.55. The Hall–Kier alpha value is -2.47. The molecule has 1 aliphatic heterocycles. The van der Waals surface area contributed by atoms with E-state index in [9.17, 15) is 4.79 Å². The summed E-state index contributed by atoms with van der Waals surface area (Å²) in [6.07, 6.45) is 0.608. The molecule has 27 heavy (non-hydrogen) atoms. The molecule has 1 aliphatic rings. The fraction of sp³-hybridized carbons (Fsp3) is 0.476. The van der Waals surface area contributed by atoms with Crippen LogP contribution in [0.25, 0.3) is 0 Å². The molecule has 1 saturated heterocycles. The number of anilines is 1. The summed E-state index contributed by atoms with van der Waals surface area (Å²) in [5.41, 5.74) is 2.01. The van der Waals surface area contributed by atoms with Gasteiger partial charge in [0.15, 0.2) is 0 Å². The SMILES string of the molecule is Cc1cc(NC(Cc2ccccc2)C(=O)N2CCOCC2)nc(C(C)C)n1. The van der Waals surface area contributed by atoms with Gasteiger partial charge in [-0.3, -0.25) is 4.79 Å². The van der Waals surface area contributed by atoms with Crippen LogP contribution in [0.4, 0.5) is 5.82 Å². The Morgan fingerprint density at radius 2 is 1.89 bits per heavy atom. The summed E-state index contributed by atoms with van der Waals surface area (Å²) in [5, 5.41) is 3.38. The number of hydrogen-bond donors (Lipinski definition) is 1. The van der Waals surface area contributed by atoms with Crippen molar-refractivity contribution in [3.05, 3.63) is 53.5 Å². The van der Waals surface area contributed by atoms with E-state index in [1.165, 1.54) is 0 Å². The fourth-order valence-corrected chi connectivity index (χ4v) is 3.16. The number of morpholine rings is 1. The van der Waals surface area contributed by atoms with Crippen molar-refractivity contribution in [1.29, 1.82) is 0 Å². The minimum atomic E-state index is -0.375. The molecule has 2 aromatic rings. The van der Waals surface area contributed by atoms with E-state index >= 15 is 0 Å². The van der Waals surface area contributed by atoms with Crippen molar-refractivity contribution in [3.8, 4) is 0 Å². The number of aryl methyl sites for hydroxylation is 1. The highest BCUT2D eigenvalue weighted by atomic mass is 16.5. The number of nitrogens with zero attached hydrogens (tertiary/aromatic N) is 3. The number of hydrogen-bond acceptors (Lipinski definition) is 5. The minimum absolute atomic E-state index is 0.0875. The molecular weight excluding hydrogens is 340 g/mol. The molecule has 0 spiro atoms. The maximum Gasteiger partial charge on any atom is 0.245 e. The third-order valence-electron chi connectivity index (χ3n) is 4.61. The summed E-state index contributed by atoms with van der Waals surface area (Å²) in [6.45, 7) is 8.53. The van der Waals surface area contributed by atoms with E-state index in [-0.39, 0.29) is 17.9 Å². The Morgan fingerprint density at radius 3 is 2.56 bits per heavy atom. The van der Waals surface area contributed by atoms with Crippen LogP contribution < -0.4 is 5.32 Å². The number of benzene rings is 1. The molecule has 1 fully saturated rings. The molecule has 1 aromatic heterocycles. The molecule has 0 saturated carbocycles. The summed E-state index contributed by atoms with van der Waals surface area (Å²) in [7, 11) is 0. The molecule has 1 aromatic carbocycles. The third-order valence-corrected chi connectivity index (χ3v) is 4.61. The molecule has 1 atom stereocenters. The number of aromatic nitrogens is 2. The molecule has 6 heteroatoms. The molecule has 0 aliphatic carbocycles. The van der Waals surface area contributed by atoms with Gasteiger partial charge in [-0.2, -0.15) is 0 Å². The fourth-order valence-electron chi connectivity index (χ4n) is 3.16. The lowest BCUT2D eigenvalue weighted by Gasteiger charge is -2.31. The van der Waals surface area contributed by atoms with Gasteiger partial charge in [0.25, 0.3) is 0 Å². The van der Waals surface area contributed by atoms with Crippen molar-refractivity contribution >= 4 is 11.7 Å². The second-order valence-electron chi connectivity index (χ2n) is 7.23. The van der Waals surface area contributed by atoms with E-state index in [0.29, 0.717) is 38.5 Å². The summed E-state index contributed by atoms with van der Waals surface area (Å²) in [5.74, 6) is 1.81. The van der Waals surface area contributed by atoms with Crippen molar-refractivity contribution in [1.82, 2.24) is 14.9 Å². The standard InChI is InChI=1S/C21H28N4O2/c1-15(2)20-22-16(3)13-19(24-20)23-18(14-17-7-5-4-6-8-17)21(26)25-9-11-27-12-10-25/h4-8,13,15,18H,9-12,14H2,1-3H3,(H,22,23,24). The summed E-state index contributed by atoms with van der Waals surface area (Å²) in [4.78, 5) is 24.2. The van der Waals surface area contributed by atoms with E-state index < -0.39 is 0 Å². The third kappa shape index (κ3) is 5.26. The molecule has 2 heterocycles. The van der Waals surface area contributed by atoms with Gasteiger partial charge in [0, 0.05) is 37.2 Å². The van der Waals surface area contributed by atoms with E-state index in [4.69, 9.17) is 4.74 Å². The van der Waals surface area contributed by atoms with Gasteiger partial charge in [-0.05, 0) is 12.5 Å². The lowest BCUT2D eigenvalue weighted by atomic mass is 10.0. The Bertz CT molecular complexity index is 758. The predicted octanol–water partition coefficient (Wildman–Crippen LogP) is 2.79. The van der Waals surface area contributed by atoms with E-state index in [1.54, 1.807) is 0 Å². The summed E-state index contributed by atoms with van der Waals surface area (Å²) < 4.78 is 5.39. The van der Waals surface area contributed by atoms with Crippen LogP contribution in [0.15, 0.2) is 36.4 Å². The minimum Gasteiger partial charge on any atom is -0.378 e. The van der Waals surface area contributed by atoms with Crippen LogP contribution in [0.5, 0.6) is 0 Å². The van der Waals surface area contributed by atoms with Crippen LogP contribution in [-0.4, -0.2) is 53.1 Å². The van der Waals surface area contributed by atoms with Crippen LogP contribution >= 0.6 is 0 Å². The Kier molecular flexibility index (Phi) is 6.40. The monoisotopic (exact) mass is 368 g/mol. The maximum absolute atomic E-state index is 13.2. The highest BCUT2D eigenvalue weighted by Gasteiger charge is 2.26. The number of amides is 1.